The van der Waals surface area contributed by atoms with Crippen LogP contribution >= 0.6 is 0 Å². The summed E-state index contributed by atoms with van der Waals surface area (Å²) in [4.78, 5) is 4.17. The number of tetrazole rings is 1. The summed E-state index contributed by atoms with van der Waals surface area (Å²) in [5.41, 5.74) is 0.900. The summed E-state index contributed by atoms with van der Waals surface area (Å²) in [6, 6.07) is 9.58. The van der Waals surface area contributed by atoms with Gasteiger partial charge in [-0.3, -0.25) is 4.21 Å². The second kappa shape index (κ2) is 5.92. The number of rotatable bonds is 5. The van der Waals surface area contributed by atoms with Gasteiger partial charge in [0.25, 0.3) is 0 Å². The maximum Gasteiger partial charge on any atom is 0.248 e. The molecule has 108 valence electrons. The first-order chi connectivity index (χ1) is 10.2. The smallest absolute Gasteiger partial charge is 0.248 e. The van der Waals surface area contributed by atoms with E-state index in [2.05, 4.69) is 25.7 Å². The molecule has 0 aliphatic rings. The van der Waals surface area contributed by atoms with Crippen molar-refractivity contribution in [1.29, 1.82) is 0 Å². The van der Waals surface area contributed by atoms with Crippen LogP contribution in [0, 0.1) is 0 Å². The standard InChI is InChI=1S/C12H12N6O2S/c1-21(19)8-10-13-11(20-15-10)7-18-12(14-16-17-18)9-5-3-2-4-6-9/h2-6H,7-8H2,1H3. The number of nitrogens with zero attached hydrogens (tertiary/aromatic N) is 6. The summed E-state index contributed by atoms with van der Waals surface area (Å²) in [5, 5.41) is 15.4. The van der Waals surface area contributed by atoms with Crippen molar-refractivity contribution in [3.05, 3.63) is 42.0 Å². The highest BCUT2D eigenvalue weighted by atomic mass is 32.2. The lowest BCUT2D eigenvalue weighted by Crippen LogP contribution is -2.05. The highest BCUT2D eigenvalue weighted by Gasteiger charge is 2.13. The topological polar surface area (TPSA) is 99.6 Å². The summed E-state index contributed by atoms with van der Waals surface area (Å²) >= 11 is 0. The van der Waals surface area contributed by atoms with Crippen LogP contribution in [-0.4, -0.2) is 40.8 Å². The Bertz CT molecular complexity index is 754. The fourth-order valence-corrected chi connectivity index (χ4v) is 2.31. The van der Waals surface area contributed by atoms with Gasteiger partial charge < -0.3 is 4.52 Å². The maximum absolute atomic E-state index is 11.1. The van der Waals surface area contributed by atoms with Gasteiger partial charge in [0.2, 0.25) is 5.89 Å². The molecular weight excluding hydrogens is 292 g/mol. The Labute approximate surface area is 122 Å². The first-order valence-electron chi connectivity index (χ1n) is 6.15. The van der Waals surface area contributed by atoms with Crippen LogP contribution in [0.1, 0.15) is 11.7 Å². The van der Waals surface area contributed by atoms with E-state index in [1.54, 1.807) is 10.9 Å². The number of hydrogen-bond acceptors (Lipinski definition) is 7. The monoisotopic (exact) mass is 304 g/mol. The van der Waals surface area contributed by atoms with Crippen LogP contribution in [0.15, 0.2) is 34.9 Å². The molecule has 0 aliphatic heterocycles. The lowest BCUT2D eigenvalue weighted by atomic mass is 10.2. The molecule has 0 amide bonds. The van der Waals surface area contributed by atoms with Crippen LogP contribution in [-0.2, 0) is 23.1 Å². The van der Waals surface area contributed by atoms with Crippen molar-refractivity contribution >= 4 is 10.8 Å². The molecular formula is C12H12N6O2S. The molecule has 21 heavy (non-hydrogen) atoms. The summed E-state index contributed by atoms with van der Waals surface area (Å²) in [5.74, 6) is 1.68. The van der Waals surface area contributed by atoms with Gasteiger partial charge in [0, 0.05) is 22.6 Å². The van der Waals surface area contributed by atoms with Gasteiger partial charge >= 0.3 is 0 Å². The fraction of sp³-hybridized carbons (Fsp3) is 0.250. The van der Waals surface area contributed by atoms with Gasteiger partial charge in [-0.25, -0.2) is 4.68 Å². The molecule has 0 spiro atoms. The van der Waals surface area contributed by atoms with E-state index in [1.807, 2.05) is 30.3 Å². The lowest BCUT2D eigenvalue weighted by molar-refractivity contribution is 0.361. The van der Waals surface area contributed by atoms with Crippen molar-refractivity contribution in [2.75, 3.05) is 6.26 Å². The van der Waals surface area contributed by atoms with E-state index in [9.17, 15) is 4.21 Å². The van der Waals surface area contributed by atoms with E-state index in [1.165, 1.54) is 0 Å². The predicted octanol–water partition coefficient (Wildman–Crippen LogP) is 0.650. The third-order valence-corrected chi connectivity index (χ3v) is 3.36. The van der Waals surface area contributed by atoms with Crippen LogP contribution in [0.25, 0.3) is 11.4 Å². The number of hydrogen-bond donors (Lipinski definition) is 0. The second-order valence-corrected chi connectivity index (χ2v) is 5.78. The Morgan fingerprint density at radius 1 is 1.29 bits per heavy atom. The summed E-state index contributed by atoms with van der Waals surface area (Å²) in [7, 11) is -1.01. The van der Waals surface area contributed by atoms with Crippen LogP contribution < -0.4 is 0 Å². The fourth-order valence-electron chi connectivity index (χ4n) is 1.83. The van der Waals surface area contributed by atoms with Crippen LogP contribution in [0.5, 0.6) is 0 Å². The molecule has 3 aromatic rings. The van der Waals surface area contributed by atoms with Gasteiger partial charge in [-0.2, -0.15) is 4.98 Å². The minimum absolute atomic E-state index is 0.264. The summed E-state index contributed by atoms with van der Waals surface area (Å²) in [6.07, 6.45) is 1.59. The quantitative estimate of drug-likeness (QED) is 0.682. The van der Waals surface area contributed by atoms with Crippen molar-refractivity contribution in [3.8, 4) is 11.4 Å². The molecule has 0 aliphatic carbocycles. The molecule has 0 N–H and O–H groups in total. The van der Waals surface area contributed by atoms with Crippen LogP contribution in [0.4, 0.5) is 0 Å². The molecule has 0 saturated carbocycles. The average molecular weight is 304 g/mol. The molecule has 3 rings (SSSR count). The highest BCUT2D eigenvalue weighted by Crippen LogP contribution is 2.15. The molecule has 0 radical (unpaired) electrons. The number of aromatic nitrogens is 6. The highest BCUT2D eigenvalue weighted by molar-refractivity contribution is 7.83. The molecule has 0 fully saturated rings. The second-order valence-electron chi connectivity index (χ2n) is 4.35. The van der Waals surface area contributed by atoms with E-state index in [4.69, 9.17) is 4.52 Å². The first kappa shape index (κ1) is 13.6. The van der Waals surface area contributed by atoms with Crippen LogP contribution in [0.2, 0.25) is 0 Å². The Hall–Kier alpha value is -2.42. The first-order valence-corrected chi connectivity index (χ1v) is 7.88. The molecule has 1 aromatic carbocycles. The maximum atomic E-state index is 11.1. The molecule has 1 unspecified atom stereocenters. The lowest BCUT2D eigenvalue weighted by Gasteiger charge is -2.00. The summed E-state index contributed by atoms with van der Waals surface area (Å²) < 4.78 is 17.8. The summed E-state index contributed by atoms with van der Waals surface area (Å²) in [6.45, 7) is 0.264. The van der Waals surface area contributed by atoms with Crippen molar-refractivity contribution in [1.82, 2.24) is 30.3 Å². The molecule has 2 aromatic heterocycles. The normalized spacial score (nSPS) is 12.4. The third kappa shape index (κ3) is 3.19. The Kier molecular flexibility index (Phi) is 3.82. The van der Waals surface area contributed by atoms with Gasteiger partial charge in [0.15, 0.2) is 11.6 Å². The van der Waals surface area contributed by atoms with E-state index < -0.39 is 10.8 Å². The zero-order chi connectivity index (χ0) is 14.7. The Balaban J connectivity index is 1.81. The third-order valence-electron chi connectivity index (χ3n) is 2.69. The predicted molar refractivity (Wildman–Crippen MR) is 74.4 cm³/mol. The molecule has 2 heterocycles. The molecule has 8 nitrogen and oxygen atoms in total. The minimum atomic E-state index is -1.01. The Morgan fingerprint density at radius 3 is 2.86 bits per heavy atom. The molecule has 0 saturated heterocycles. The Morgan fingerprint density at radius 2 is 2.10 bits per heavy atom. The van der Waals surface area contributed by atoms with Crippen molar-refractivity contribution in [2.24, 2.45) is 0 Å². The van der Waals surface area contributed by atoms with E-state index >= 15 is 0 Å². The van der Waals surface area contributed by atoms with Crippen LogP contribution in [0.3, 0.4) is 0 Å². The SMILES string of the molecule is CS(=O)Cc1noc(Cn2nnnc2-c2ccccc2)n1. The van der Waals surface area contributed by atoms with Crippen molar-refractivity contribution < 1.29 is 8.73 Å². The van der Waals surface area contributed by atoms with Crippen molar-refractivity contribution in [2.45, 2.75) is 12.3 Å². The van der Waals surface area contributed by atoms with Gasteiger partial charge in [0.1, 0.15) is 6.54 Å². The zero-order valence-electron chi connectivity index (χ0n) is 11.2. The molecule has 9 heteroatoms. The molecule has 0 bridgehead atoms. The number of benzene rings is 1. The van der Waals surface area contributed by atoms with Gasteiger partial charge in [-0.05, 0) is 10.4 Å². The van der Waals surface area contributed by atoms with E-state index in [0.717, 1.165) is 5.56 Å². The van der Waals surface area contributed by atoms with Gasteiger partial charge in [0.05, 0.1) is 5.75 Å². The molecule has 1 atom stereocenters. The van der Waals surface area contributed by atoms with Gasteiger partial charge in [-0.15, -0.1) is 5.10 Å². The largest absolute Gasteiger partial charge is 0.337 e. The van der Waals surface area contributed by atoms with Crippen molar-refractivity contribution in [3.63, 3.8) is 0 Å². The van der Waals surface area contributed by atoms with Gasteiger partial charge in [-0.1, -0.05) is 35.5 Å². The van der Waals surface area contributed by atoms with E-state index in [0.29, 0.717) is 17.5 Å². The zero-order valence-corrected chi connectivity index (χ0v) is 12.0. The van der Waals surface area contributed by atoms with E-state index in [-0.39, 0.29) is 12.3 Å². The minimum Gasteiger partial charge on any atom is -0.337 e. The average Bonchev–Trinajstić information content (AvgIpc) is 3.09.